The van der Waals surface area contributed by atoms with Gasteiger partial charge >= 0.3 is 0 Å². The molecular weight excluding hydrogens is 433 g/mol. The van der Waals surface area contributed by atoms with E-state index in [4.69, 9.17) is 15.5 Å². The van der Waals surface area contributed by atoms with Crippen molar-refractivity contribution in [1.29, 1.82) is 0 Å². The number of nitrogens with zero attached hydrogens (tertiary/aromatic N) is 3. The number of carbonyl (C=O) groups excluding carboxylic acids is 1. The fourth-order valence-corrected chi connectivity index (χ4v) is 3.83. The fraction of sp³-hybridized carbons (Fsp3) is 0.385. The largest absolute Gasteiger partial charge is 0.404 e. The van der Waals surface area contributed by atoms with Crippen LogP contribution in [0.25, 0.3) is 5.57 Å². The summed E-state index contributed by atoms with van der Waals surface area (Å²) in [4.78, 5) is 26.3. The number of pyridine rings is 1. The number of halogens is 1. The maximum Gasteiger partial charge on any atom is 0.259 e. The van der Waals surface area contributed by atoms with Gasteiger partial charge in [-0.3, -0.25) is 14.8 Å². The number of ether oxygens (including phenoxy) is 1. The number of amides is 1. The standard InChI is InChI=1S/C26H32FN5O2/c1-15-8-9-30-24(10-15)22(14-28)26(33)32-23-13-19(7-6-16(23)2)25(29-5)31-17(3)20-11-21(12-20)34-18(4)27/h6-10,13-14,18,20-21H,11-12,28H2,1-5H3,(H,32,33)/b22-14+,29-25?,31-17?. The van der Waals surface area contributed by atoms with Crippen molar-refractivity contribution in [2.75, 3.05) is 12.4 Å². The number of carbonyl (C=O) groups is 1. The van der Waals surface area contributed by atoms with E-state index in [0.29, 0.717) is 17.2 Å². The normalized spacial score (nSPS) is 20.0. The number of hydrogen-bond donors (Lipinski definition) is 2. The monoisotopic (exact) mass is 465 g/mol. The van der Waals surface area contributed by atoms with Gasteiger partial charge in [0.25, 0.3) is 5.91 Å². The van der Waals surface area contributed by atoms with Crippen LogP contribution in [0.5, 0.6) is 0 Å². The molecule has 0 saturated heterocycles. The van der Waals surface area contributed by atoms with Crippen LogP contribution in [0, 0.1) is 19.8 Å². The van der Waals surface area contributed by atoms with Gasteiger partial charge in [0.15, 0.2) is 12.2 Å². The second-order valence-corrected chi connectivity index (χ2v) is 8.55. The molecule has 1 aromatic carbocycles. The lowest BCUT2D eigenvalue weighted by atomic mass is 9.79. The summed E-state index contributed by atoms with van der Waals surface area (Å²) in [7, 11) is 1.68. The molecule has 0 aliphatic heterocycles. The van der Waals surface area contributed by atoms with Crippen LogP contribution in [0.4, 0.5) is 10.1 Å². The van der Waals surface area contributed by atoms with Gasteiger partial charge in [-0.1, -0.05) is 12.1 Å². The number of nitrogens with two attached hydrogens (primary N) is 1. The fourth-order valence-electron chi connectivity index (χ4n) is 3.83. The van der Waals surface area contributed by atoms with Gasteiger partial charge < -0.3 is 15.8 Å². The van der Waals surface area contributed by atoms with Crippen molar-refractivity contribution in [2.45, 2.75) is 53.0 Å². The number of nitrogens with one attached hydrogen (secondary N) is 1. The molecule has 3 rings (SSSR count). The third-order valence-corrected chi connectivity index (χ3v) is 5.91. The molecule has 1 aliphatic rings. The second-order valence-electron chi connectivity index (χ2n) is 8.55. The first kappa shape index (κ1) is 25.2. The molecule has 1 aromatic heterocycles. The van der Waals surface area contributed by atoms with Crippen LogP contribution in [0.2, 0.25) is 0 Å². The minimum absolute atomic E-state index is 0.0638. The van der Waals surface area contributed by atoms with Crippen molar-refractivity contribution < 1.29 is 13.9 Å². The zero-order valence-electron chi connectivity index (χ0n) is 20.3. The highest BCUT2D eigenvalue weighted by Gasteiger charge is 2.33. The molecule has 1 aliphatic carbocycles. The van der Waals surface area contributed by atoms with Gasteiger partial charge in [-0.15, -0.1) is 0 Å². The van der Waals surface area contributed by atoms with Crippen molar-refractivity contribution >= 4 is 28.7 Å². The molecule has 1 fully saturated rings. The third-order valence-electron chi connectivity index (χ3n) is 5.91. The molecule has 0 spiro atoms. The summed E-state index contributed by atoms with van der Waals surface area (Å²) < 4.78 is 18.2. The van der Waals surface area contributed by atoms with Gasteiger partial charge in [0.1, 0.15) is 0 Å². The van der Waals surface area contributed by atoms with E-state index < -0.39 is 6.36 Å². The lowest BCUT2D eigenvalue weighted by Gasteiger charge is -2.35. The van der Waals surface area contributed by atoms with Crippen molar-refractivity contribution in [3.63, 3.8) is 0 Å². The van der Waals surface area contributed by atoms with Crippen LogP contribution < -0.4 is 11.1 Å². The number of hydrogen-bond acceptors (Lipinski definition) is 5. The molecule has 1 unspecified atom stereocenters. The topological polar surface area (TPSA) is 102 Å². The summed E-state index contributed by atoms with van der Waals surface area (Å²) in [5.74, 6) is 0.452. The highest BCUT2D eigenvalue weighted by atomic mass is 19.1. The van der Waals surface area contributed by atoms with Crippen LogP contribution in [-0.4, -0.2) is 41.9 Å². The number of amidine groups is 1. The molecule has 2 aromatic rings. The summed E-state index contributed by atoms with van der Waals surface area (Å²) >= 11 is 0. The van der Waals surface area contributed by atoms with Crippen LogP contribution in [0.1, 0.15) is 49.1 Å². The Labute approximate surface area is 200 Å². The molecule has 1 amide bonds. The Bertz CT molecular complexity index is 1130. The Hall–Kier alpha value is -3.39. The van der Waals surface area contributed by atoms with E-state index in [1.54, 1.807) is 13.2 Å². The van der Waals surface area contributed by atoms with Crippen LogP contribution in [-0.2, 0) is 9.53 Å². The number of aryl methyl sites for hydroxylation is 2. The first-order valence-electron chi connectivity index (χ1n) is 11.3. The molecular formula is C26H32FN5O2. The van der Waals surface area contributed by atoms with Crippen LogP contribution in [0.3, 0.4) is 0 Å². The molecule has 3 N–H and O–H groups in total. The Morgan fingerprint density at radius 1 is 1.29 bits per heavy atom. The zero-order chi connectivity index (χ0) is 24.8. The van der Waals surface area contributed by atoms with Gasteiger partial charge in [0.2, 0.25) is 0 Å². The van der Waals surface area contributed by atoms with Gasteiger partial charge in [-0.25, -0.2) is 9.38 Å². The van der Waals surface area contributed by atoms with Crippen LogP contribution in [0.15, 0.2) is 52.7 Å². The number of aromatic nitrogens is 1. The Morgan fingerprint density at radius 2 is 2.03 bits per heavy atom. The SMILES string of the molecule is CN=C(N=C(C)C1CC(OC(C)F)C1)c1ccc(C)c(NC(=O)/C(=C/N)c2cc(C)ccn2)c1. The number of anilines is 1. The molecule has 0 radical (unpaired) electrons. The predicted octanol–water partition coefficient (Wildman–Crippen LogP) is 4.58. The van der Waals surface area contributed by atoms with E-state index in [0.717, 1.165) is 35.2 Å². The summed E-state index contributed by atoms with van der Waals surface area (Å²) in [6.45, 7) is 7.19. The minimum Gasteiger partial charge on any atom is -0.404 e. The van der Waals surface area contributed by atoms with E-state index in [2.05, 4.69) is 15.3 Å². The molecule has 0 bridgehead atoms. The second kappa shape index (κ2) is 11.2. The number of rotatable bonds is 7. The average Bonchev–Trinajstić information content (AvgIpc) is 2.76. The van der Waals surface area contributed by atoms with E-state index in [1.807, 2.05) is 51.1 Å². The van der Waals surface area contributed by atoms with Gasteiger partial charge in [-0.2, -0.15) is 0 Å². The van der Waals surface area contributed by atoms with Crippen molar-refractivity contribution in [3.8, 4) is 0 Å². The Morgan fingerprint density at radius 3 is 2.65 bits per heavy atom. The molecule has 7 nitrogen and oxygen atoms in total. The summed E-state index contributed by atoms with van der Waals surface area (Å²) in [5.41, 5.74) is 10.8. The maximum atomic E-state index is 13.0. The van der Waals surface area contributed by atoms with Gasteiger partial charge in [0.05, 0.1) is 17.4 Å². The van der Waals surface area contributed by atoms with Crippen molar-refractivity contribution in [2.24, 2.45) is 21.6 Å². The third kappa shape index (κ3) is 6.14. The Kier molecular flexibility index (Phi) is 8.28. The van der Waals surface area contributed by atoms with Gasteiger partial charge in [0, 0.05) is 42.3 Å². The minimum atomic E-state index is -1.26. The van der Waals surface area contributed by atoms with Gasteiger partial charge in [-0.05, 0) is 69.9 Å². The smallest absolute Gasteiger partial charge is 0.259 e. The number of alkyl halides is 1. The van der Waals surface area contributed by atoms with Crippen molar-refractivity contribution in [3.05, 3.63) is 65.1 Å². The Balaban J connectivity index is 1.76. The summed E-state index contributed by atoms with van der Waals surface area (Å²) in [6.07, 6.45) is 3.09. The van der Waals surface area contributed by atoms with E-state index in [-0.39, 0.29) is 23.5 Å². The van der Waals surface area contributed by atoms with E-state index >= 15 is 0 Å². The number of benzene rings is 1. The lowest BCUT2D eigenvalue weighted by Crippen LogP contribution is -2.37. The molecule has 1 atom stereocenters. The first-order chi connectivity index (χ1) is 16.2. The average molecular weight is 466 g/mol. The molecule has 1 saturated carbocycles. The predicted molar refractivity (Wildman–Crippen MR) is 135 cm³/mol. The van der Waals surface area contributed by atoms with Crippen LogP contribution >= 0.6 is 0 Å². The highest BCUT2D eigenvalue weighted by Crippen LogP contribution is 2.32. The molecule has 180 valence electrons. The molecule has 8 heteroatoms. The van der Waals surface area contributed by atoms with E-state index in [1.165, 1.54) is 13.1 Å². The number of aliphatic imine (C=N–C) groups is 2. The molecule has 34 heavy (non-hydrogen) atoms. The van der Waals surface area contributed by atoms with Crippen molar-refractivity contribution in [1.82, 2.24) is 4.98 Å². The maximum absolute atomic E-state index is 13.0. The quantitative estimate of drug-likeness (QED) is 0.355. The summed E-state index contributed by atoms with van der Waals surface area (Å²) in [5, 5.41) is 2.94. The molecule has 1 heterocycles. The first-order valence-corrected chi connectivity index (χ1v) is 11.3. The lowest BCUT2D eigenvalue weighted by molar-refractivity contribution is -0.111. The zero-order valence-corrected chi connectivity index (χ0v) is 20.3. The van der Waals surface area contributed by atoms with E-state index in [9.17, 15) is 9.18 Å². The summed E-state index contributed by atoms with van der Waals surface area (Å²) in [6, 6.07) is 9.35. The highest BCUT2D eigenvalue weighted by molar-refractivity contribution is 6.25.